The van der Waals surface area contributed by atoms with Crippen LogP contribution < -0.4 is 10.6 Å². The highest BCUT2D eigenvalue weighted by Crippen LogP contribution is 2.31. The lowest BCUT2D eigenvalue weighted by molar-refractivity contribution is -0.128. The third-order valence-electron chi connectivity index (χ3n) is 4.81. The topological polar surface area (TPSA) is 143 Å². The summed E-state index contributed by atoms with van der Waals surface area (Å²) < 4.78 is 10.3. The minimum absolute atomic E-state index is 0.0973. The highest BCUT2D eigenvalue weighted by Gasteiger charge is 2.40. The van der Waals surface area contributed by atoms with Crippen LogP contribution in [0.1, 0.15) is 29.5 Å². The number of rotatable bonds is 8. The summed E-state index contributed by atoms with van der Waals surface area (Å²) in [6.45, 7) is 2.13. The van der Waals surface area contributed by atoms with Crippen molar-refractivity contribution in [2.75, 3.05) is 17.7 Å². The zero-order chi connectivity index (χ0) is 24.8. The number of benzene rings is 1. The van der Waals surface area contributed by atoms with Crippen molar-refractivity contribution in [3.8, 4) is 0 Å². The summed E-state index contributed by atoms with van der Waals surface area (Å²) in [5, 5.41) is 12.9. The molecule has 2 fully saturated rings. The molecule has 13 heteroatoms. The molecule has 0 aliphatic carbocycles. The zero-order valence-electron chi connectivity index (χ0n) is 18.6. The van der Waals surface area contributed by atoms with E-state index in [2.05, 4.69) is 20.8 Å². The van der Waals surface area contributed by atoms with Gasteiger partial charge in [0.2, 0.25) is 11.8 Å². The van der Waals surface area contributed by atoms with Gasteiger partial charge in [-0.25, -0.2) is 4.79 Å². The number of esters is 1. The van der Waals surface area contributed by atoms with Crippen molar-refractivity contribution in [3.05, 3.63) is 54.0 Å². The van der Waals surface area contributed by atoms with Gasteiger partial charge in [-0.3, -0.25) is 19.3 Å². The van der Waals surface area contributed by atoms with Crippen LogP contribution in [0.4, 0.5) is 10.5 Å². The molecule has 1 unspecified atom stereocenters. The Morgan fingerprint density at radius 3 is 2.69 bits per heavy atom. The number of furan rings is 1. The van der Waals surface area contributed by atoms with Gasteiger partial charge in [-0.05, 0) is 43.3 Å². The van der Waals surface area contributed by atoms with Crippen molar-refractivity contribution < 1.29 is 28.3 Å². The van der Waals surface area contributed by atoms with Crippen molar-refractivity contribution in [2.45, 2.75) is 25.1 Å². The van der Waals surface area contributed by atoms with Gasteiger partial charge in [-0.2, -0.15) is 0 Å². The van der Waals surface area contributed by atoms with Crippen molar-refractivity contribution in [2.24, 2.45) is 10.2 Å². The second kappa shape index (κ2) is 11.2. The summed E-state index contributed by atoms with van der Waals surface area (Å²) >= 11 is 2.20. The fourth-order valence-corrected chi connectivity index (χ4v) is 4.86. The first-order chi connectivity index (χ1) is 16.9. The smallest absolute Gasteiger partial charge is 0.338 e. The minimum atomic E-state index is -0.713. The summed E-state index contributed by atoms with van der Waals surface area (Å²) in [6, 6.07) is 9.73. The molecule has 2 aromatic rings. The van der Waals surface area contributed by atoms with Gasteiger partial charge in [-0.1, -0.05) is 23.5 Å². The highest BCUT2D eigenvalue weighted by molar-refractivity contribution is 8.15. The fourth-order valence-electron chi connectivity index (χ4n) is 3.19. The first-order valence-electron chi connectivity index (χ1n) is 10.6. The van der Waals surface area contributed by atoms with Crippen molar-refractivity contribution in [1.82, 2.24) is 10.2 Å². The molecule has 1 atom stereocenters. The highest BCUT2D eigenvalue weighted by atomic mass is 32.2. The van der Waals surface area contributed by atoms with Crippen molar-refractivity contribution in [3.63, 3.8) is 0 Å². The third kappa shape index (κ3) is 6.31. The molecule has 11 nitrogen and oxygen atoms in total. The molecule has 2 aliphatic heterocycles. The van der Waals surface area contributed by atoms with Crippen LogP contribution in [0.15, 0.2) is 57.3 Å². The Bertz CT molecular complexity index is 1180. The lowest BCUT2D eigenvalue weighted by Gasteiger charge is -2.14. The summed E-state index contributed by atoms with van der Waals surface area (Å²) in [6.07, 6.45) is 1.41. The number of ether oxygens (including phenoxy) is 1. The predicted octanol–water partition coefficient (Wildman–Crippen LogP) is 3.06. The van der Waals surface area contributed by atoms with Gasteiger partial charge in [0.05, 0.1) is 30.7 Å². The van der Waals surface area contributed by atoms with E-state index in [9.17, 15) is 19.2 Å². The van der Waals surface area contributed by atoms with E-state index in [1.807, 2.05) is 0 Å². The number of hydrogen-bond donors (Lipinski definition) is 2. The Morgan fingerprint density at radius 2 is 2.03 bits per heavy atom. The largest absolute Gasteiger partial charge is 0.467 e. The van der Waals surface area contributed by atoms with Gasteiger partial charge in [0.1, 0.15) is 16.8 Å². The normalized spacial score (nSPS) is 19.9. The Labute approximate surface area is 208 Å². The number of anilines is 1. The van der Waals surface area contributed by atoms with Crippen LogP contribution >= 0.6 is 23.5 Å². The monoisotopic (exact) mass is 515 g/mol. The summed E-state index contributed by atoms with van der Waals surface area (Å²) in [5.41, 5.74) is 0.861. The maximum absolute atomic E-state index is 13.1. The minimum Gasteiger partial charge on any atom is -0.467 e. The molecule has 4 rings (SSSR count). The van der Waals surface area contributed by atoms with Crippen molar-refractivity contribution >= 4 is 63.2 Å². The molecule has 3 heterocycles. The Morgan fingerprint density at radius 1 is 1.23 bits per heavy atom. The van der Waals surface area contributed by atoms with E-state index in [0.717, 1.165) is 23.5 Å². The lowest BCUT2D eigenvalue weighted by atomic mass is 10.2. The van der Waals surface area contributed by atoms with Crippen LogP contribution in [-0.2, 0) is 20.9 Å². The lowest BCUT2D eigenvalue weighted by Crippen LogP contribution is -2.33. The molecule has 0 spiro atoms. The molecular weight excluding hydrogens is 494 g/mol. The van der Waals surface area contributed by atoms with Crippen LogP contribution in [0.5, 0.6) is 0 Å². The predicted molar refractivity (Wildman–Crippen MR) is 132 cm³/mol. The standard InChI is InChI=1S/C22H21N5O6S2/c1-2-32-20(30)13-5-7-14(8-6-13)23-18(28)10-16-19(29)27(11-15-4-3-9-33-15)21(35-16)26-25-17-12-34-22(31)24-17/h3-9,16H,2,10-12H2,1H3,(H,23,28)(H,24,25,31)/b26-21+. The number of amides is 3. The fraction of sp³-hybridized carbons (Fsp3) is 0.273. The SMILES string of the molecule is CCOC(=O)c1ccc(NC(=O)CC2S/C(=N/N=C3\CSC(=O)N3)N(Cc3ccco3)C2=O)cc1. The van der Waals surface area contributed by atoms with Gasteiger partial charge in [0.25, 0.3) is 5.24 Å². The second-order valence-electron chi connectivity index (χ2n) is 7.29. The maximum Gasteiger partial charge on any atom is 0.338 e. The van der Waals surface area contributed by atoms with E-state index in [0.29, 0.717) is 33.8 Å². The number of nitrogens with one attached hydrogen (secondary N) is 2. The molecular formula is C22H21N5O6S2. The Hall–Kier alpha value is -3.58. The summed E-state index contributed by atoms with van der Waals surface area (Å²) in [5.74, 6) is 0.198. The Kier molecular flexibility index (Phi) is 7.87. The molecule has 0 radical (unpaired) electrons. The number of nitrogens with zero attached hydrogens (tertiary/aromatic N) is 3. The second-order valence-corrected chi connectivity index (χ2v) is 9.41. The van der Waals surface area contributed by atoms with E-state index < -0.39 is 11.2 Å². The molecule has 35 heavy (non-hydrogen) atoms. The average Bonchev–Trinajstić information content (AvgIpc) is 3.57. The van der Waals surface area contributed by atoms with Crippen LogP contribution in [-0.4, -0.2) is 56.5 Å². The third-order valence-corrected chi connectivity index (χ3v) is 6.75. The maximum atomic E-state index is 13.1. The van der Waals surface area contributed by atoms with E-state index in [4.69, 9.17) is 9.15 Å². The number of amidine groups is 2. The number of thioether (sulfide) groups is 2. The van der Waals surface area contributed by atoms with Crippen LogP contribution in [0, 0.1) is 0 Å². The molecule has 182 valence electrons. The van der Waals surface area contributed by atoms with Crippen LogP contribution in [0.2, 0.25) is 0 Å². The summed E-state index contributed by atoms with van der Waals surface area (Å²) in [4.78, 5) is 50.3. The van der Waals surface area contributed by atoms with E-state index >= 15 is 0 Å². The van der Waals surface area contributed by atoms with Crippen LogP contribution in [0.25, 0.3) is 0 Å². The number of carbonyl (C=O) groups excluding carboxylic acids is 4. The van der Waals surface area contributed by atoms with Gasteiger partial charge < -0.3 is 19.8 Å². The first-order valence-corrected chi connectivity index (χ1v) is 12.4. The van der Waals surface area contributed by atoms with Gasteiger partial charge in [-0.15, -0.1) is 10.2 Å². The molecule has 2 aliphatic rings. The van der Waals surface area contributed by atoms with E-state index in [-0.39, 0.29) is 36.6 Å². The first kappa shape index (κ1) is 24.5. The van der Waals surface area contributed by atoms with E-state index in [1.165, 1.54) is 11.2 Å². The van der Waals surface area contributed by atoms with Gasteiger partial charge >= 0.3 is 5.97 Å². The number of hydrogen-bond acceptors (Lipinski definition) is 10. The molecule has 2 saturated heterocycles. The number of carbonyl (C=O) groups is 4. The van der Waals surface area contributed by atoms with Crippen LogP contribution in [0.3, 0.4) is 0 Å². The van der Waals surface area contributed by atoms with E-state index in [1.54, 1.807) is 43.3 Å². The van der Waals surface area contributed by atoms with Gasteiger partial charge in [0, 0.05) is 12.1 Å². The van der Waals surface area contributed by atoms with Gasteiger partial charge in [0.15, 0.2) is 5.17 Å². The average molecular weight is 516 g/mol. The quantitative estimate of drug-likeness (QED) is 0.403. The molecule has 3 amide bonds. The summed E-state index contributed by atoms with van der Waals surface area (Å²) in [7, 11) is 0. The van der Waals surface area contributed by atoms with Crippen molar-refractivity contribution in [1.29, 1.82) is 0 Å². The molecule has 2 N–H and O–H groups in total. The molecule has 1 aromatic heterocycles. The molecule has 0 bridgehead atoms. The Balaban J connectivity index is 1.43. The molecule has 1 aromatic carbocycles. The molecule has 0 saturated carbocycles. The zero-order valence-corrected chi connectivity index (χ0v) is 20.2.